The minimum absolute atomic E-state index is 0.488. The molecule has 0 bridgehead atoms. The highest BCUT2D eigenvalue weighted by Gasteiger charge is 2.51. The quantitative estimate of drug-likeness (QED) is 0.167. The number of aromatic nitrogens is 3. The second kappa shape index (κ2) is 10.9. The molecule has 2 heterocycles. The topological polar surface area (TPSA) is 30.7 Å². The summed E-state index contributed by atoms with van der Waals surface area (Å²) < 4.78 is 2.45. The smallest absolute Gasteiger partial charge is 0.0971 e. The van der Waals surface area contributed by atoms with E-state index < -0.39 is 5.41 Å². The fraction of sp³-hybridized carbons (Fsp3) is 0.0189. The van der Waals surface area contributed by atoms with Crippen molar-refractivity contribution >= 4 is 54.4 Å². The van der Waals surface area contributed by atoms with Gasteiger partial charge in [0.1, 0.15) is 0 Å². The first-order valence-electron chi connectivity index (χ1n) is 19.3. The number of hydrogen-bond donors (Lipinski definition) is 0. The summed E-state index contributed by atoms with van der Waals surface area (Å²) in [5.74, 6) is 0. The zero-order valence-electron chi connectivity index (χ0n) is 30.2. The van der Waals surface area contributed by atoms with Gasteiger partial charge in [-0.3, -0.25) is 9.97 Å². The predicted octanol–water partition coefficient (Wildman–Crippen LogP) is 13.0. The Kier molecular flexibility index (Phi) is 5.83. The lowest BCUT2D eigenvalue weighted by Crippen LogP contribution is -2.26. The van der Waals surface area contributed by atoms with Crippen LogP contribution in [0.1, 0.15) is 22.3 Å². The van der Waals surface area contributed by atoms with Gasteiger partial charge in [-0.05, 0) is 103 Å². The van der Waals surface area contributed by atoms with Gasteiger partial charge in [0.05, 0.1) is 27.5 Å². The molecule has 2 aliphatic carbocycles. The molecule has 9 aromatic carbocycles. The Labute approximate surface area is 322 Å². The molecule has 0 saturated carbocycles. The van der Waals surface area contributed by atoms with Crippen LogP contribution in [0.3, 0.4) is 0 Å². The van der Waals surface area contributed by atoms with Crippen LogP contribution in [0.5, 0.6) is 0 Å². The Hall–Kier alpha value is -7.36. The molecule has 2 aromatic heterocycles. The average Bonchev–Trinajstić information content (AvgIpc) is 3.88. The van der Waals surface area contributed by atoms with Crippen molar-refractivity contribution in [3.8, 4) is 39.1 Å². The van der Waals surface area contributed by atoms with Gasteiger partial charge in [0.15, 0.2) is 0 Å². The molecule has 11 aromatic rings. The number of rotatable bonds is 2. The highest BCUT2D eigenvalue weighted by atomic mass is 15.0. The van der Waals surface area contributed by atoms with Crippen LogP contribution < -0.4 is 0 Å². The first-order chi connectivity index (χ1) is 27.8. The third-order valence-electron chi connectivity index (χ3n) is 12.7. The van der Waals surface area contributed by atoms with Gasteiger partial charge in [-0.2, -0.15) is 0 Å². The fourth-order valence-corrected chi connectivity index (χ4v) is 10.5. The molecule has 0 unspecified atom stereocenters. The largest absolute Gasteiger partial charge is 0.309 e. The van der Waals surface area contributed by atoms with Crippen molar-refractivity contribution < 1.29 is 0 Å². The molecule has 3 nitrogen and oxygen atoms in total. The average molecular weight is 710 g/mol. The van der Waals surface area contributed by atoms with Crippen molar-refractivity contribution in [1.29, 1.82) is 0 Å². The maximum atomic E-state index is 4.82. The molecular formula is C53H31N3. The molecule has 13 rings (SSSR count). The summed E-state index contributed by atoms with van der Waals surface area (Å²) in [6.45, 7) is 0. The van der Waals surface area contributed by atoms with E-state index in [1.165, 1.54) is 93.9 Å². The molecule has 0 fully saturated rings. The second-order valence-corrected chi connectivity index (χ2v) is 15.3. The van der Waals surface area contributed by atoms with Gasteiger partial charge in [-0.1, -0.05) is 140 Å². The Morgan fingerprint density at radius 1 is 0.339 bits per heavy atom. The maximum absolute atomic E-state index is 4.82. The number of hydrogen-bond acceptors (Lipinski definition) is 2. The monoisotopic (exact) mass is 709 g/mol. The third-order valence-corrected chi connectivity index (χ3v) is 12.7. The Morgan fingerprint density at radius 2 is 0.821 bits per heavy atom. The van der Waals surface area contributed by atoms with Crippen LogP contribution in [-0.4, -0.2) is 14.5 Å². The van der Waals surface area contributed by atoms with Gasteiger partial charge in [0, 0.05) is 39.6 Å². The molecule has 0 atom stereocenters. The highest BCUT2D eigenvalue weighted by molar-refractivity contribution is 6.23. The molecular weight excluding hydrogens is 679 g/mol. The van der Waals surface area contributed by atoms with Crippen LogP contribution in [0.15, 0.2) is 188 Å². The first kappa shape index (κ1) is 30.0. The number of nitrogens with zero attached hydrogens (tertiary/aromatic N) is 3. The first-order valence-corrected chi connectivity index (χ1v) is 19.3. The van der Waals surface area contributed by atoms with Crippen LogP contribution >= 0.6 is 0 Å². The molecule has 56 heavy (non-hydrogen) atoms. The van der Waals surface area contributed by atoms with Crippen molar-refractivity contribution in [3.05, 3.63) is 211 Å². The maximum Gasteiger partial charge on any atom is 0.0971 e. The highest BCUT2D eigenvalue weighted by Crippen LogP contribution is 2.63. The van der Waals surface area contributed by atoms with Crippen molar-refractivity contribution in [2.45, 2.75) is 5.41 Å². The lowest BCUT2D eigenvalue weighted by Gasteiger charge is -2.31. The second-order valence-electron chi connectivity index (χ2n) is 15.3. The van der Waals surface area contributed by atoms with Crippen LogP contribution in [0.2, 0.25) is 0 Å². The lowest BCUT2D eigenvalue weighted by atomic mass is 9.70. The molecule has 3 heteroatoms. The van der Waals surface area contributed by atoms with Crippen LogP contribution in [0.4, 0.5) is 0 Å². The Balaban J connectivity index is 1.09. The molecule has 0 amide bonds. The van der Waals surface area contributed by atoms with E-state index >= 15 is 0 Å². The zero-order valence-corrected chi connectivity index (χ0v) is 30.2. The minimum Gasteiger partial charge on any atom is -0.309 e. The summed E-state index contributed by atoms with van der Waals surface area (Å²) in [6, 6.07) is 65.5. The van der Waals surface area contributed by atoms with Gasteiger partial charge >= 0.3 is 0 Å². The normalized spacial score (nSPS) is 13.5. The minimum atomic E-state index is -0.488. The van der Waals surface area contributed by atoms with Gasteiger partial charge in [0.2, 0.25) is 0 Å². The van der Waals surface area contributed by atoms with E-state index in [0.717, 1.165) is 21.8 Å². The zero-order chi connectivity index (χ0) is 36.5. The lowest BCUT2D eigenvalue weighted by molar-refractivity contribution is 0.793. The molecule has 0 aliphatic heterocycles. The van der Waals surface area contributed by atoms with Crippen molar-refractivity contribution in [2.24, 2.45) is 0 Å². The van der Waals surface area contributed by atoms with Gasteiger partial charge in [0.25, 0.3) is 0 Å². The molecule has 1 spiro atoms. The van der Waals surface area contributed by atoms with E-state index in [1.54, 1.807) is 12.4 Å². The fourth-order valence-electron chi connectivity index (χ4n) is 10.5. The number of fused-ring (bicyclic) bond motifs is 19. The van der Waals surface area contributed by atoms with Crippen LogP contribution in [0, 0.1) is 0 Å². The van der Waals surface area contributed by atoms with E-state index in [0.29, 0.717) is 0 Å². The molecule has 0 radical (unpaired) electrons. The van der Waals surface area contributed by atoms with Gasteiger partial charge in [-0.25, -0.2) is 0 Å². The van der Waals surface area contributed by atoms with Crippen LogP contribution in [0.25, 0.3) is 93.5 Å². The van der Waals surface area contributed by atoms with E-state index in [-0.39, 0.29) is 0 Å². The molecule has 0 saturated heterocycles. The van der Waals surface area contributed by atoms with Crippen molar-refractivity contribution in [1.82, 2.24) is 14.5 Å². The SMILES string of the molecule is c1ccc2c(c1)-c1ccccc1C21c2cc(-c3ccc4c(c3)c3ccccc3c3nccnc43)ccc2-c2ccc(-n3c4ccccc4c4ccccc43)cc21. The number of benzene rings is 9. The van der Waals surface area contributed by atoms with E-state index in [1.807, 2.05) is 0 Å². The number of para-hydroxylation sites is 2. The van der Waals surface area contributed by atoms with E-state index in [4.69, 9.17) is 9.97 Å². The summed E-state index contributed by atoms with van der Waals surface area (Å²) >= 11 is 0. The molecule has 0 N–H and O–H groups in total. The summed E-state index contributed by atoms with van der Waals surface area (Å²) in [5, 5.41) is 7.17. The standard InChI is InChI=1S/C53H31N3/c1-2-16-42-35(11-1)44-29-32(22-25-43(44)52-51(42)54-27-28-55-52)33-21-24-38-39-26-23-34(56-49-19-9-5-14-40(49)41-15-6-10-20-50(41)56)31-48(39)53(47(38)30-33)45-17-7-3-12-36(45)37-13-4-8-18-46(37)53/h1-31H. The Bertz CT molecular complexity index is 3360. The third kappa shape index (κ3) is 3.72. The summed E-state index contributed by atoms with van der Waals surface area (Å²) in [5.41, 5.74) is 17.9. The van der Waals surface area contributed by atoms with E-state index in [2.05, 4.69) is 180 Å². The predicted molar refractivity (Wildman–Crippen MR) is 231 cm³/mol. The van der Waals surface area contributed by atoms with Crippen LogP contribution in [-0.2, 0) is 5.41 Å². The summed E-state index contributed by atoms with van der Waals surface area (Å²) in [7, 11) is 0. The van der Waals surface area contributed by atoms with Crippen molar-refractivity contribution in [2.75, 3.05) is 0 Å². The van der Waals surface area contributed by atoms with Gasteiger partial charge in [-0.15, -0.1) is 0 Å². The van der Waals surface area contributed by atoms with Gasteiger partial charge < -0.3 is 4.57 Å². The summed E-state index contributed by atoms with van der Waals surface area (Å²) in [6.07, 6.45) is 3.59. The Morgan fingerprint density at radius 3 is 1.50 bits per heavy atom. The molecule has 258 valence electrons. The molecule has 2 aliphatic rings. The summed E-state index contributed by atoms with van der Waals surface area (Å²) in [4.78, 5) is 9.58. The van der Waals surface area contributed by atoms with E-state index in [9.17, 15) is 0 Å². The van der Waals surface area contributed by atoms with Crippen molar-refractivity contribution in [3.63, 3.8) is 0 Å².